The lowest BCUT2D eigenvalue weighted by molar-refractivity contribution is 0.0461. The van der Waals surface area contributed by atoms with Crippen molar-refractivity contribution >= 4 is 28.5 Å². The summed E-state index contributed by atoms with van der Waals surface area (Å²) in [5.74, 6) is -0.271. The molecule has 2 aromatic carbocycles. The predicted octanol–water partition coefficient (Wildman–Crippen LogP) is 4.44. The maximum absolute atomic E-state index is 12.6. The lowest BCUT2D eigenvalue weighted by Crippen LogP contribution is -2.09. The van der Waals surface area contributed by atoms with Crippen LogP contribution in [0, 0.1) is 0 Å². The average Bonchev–Trinajstić information content (AvgIpc) is 3.17. The number of esters is 1. The Labute approximate surface area is 166 Å². The number of rotatable bonds is 5. The lowest BCUT2D eigenvalue weighted by atomic mass is 10.2. The minimum atomic E-state index is -0.601. The summed E-state index contributed by atoms with van der Waals surface area (Å²) in [4.78, 5) is 16.9. The molecule has 140 valence electrons. The number of ether oxygens (including phenoxy) is 2. The molecule has 4 aromatic rings. The molecule has 0 aliphatic carbocycles. The molecule has 0 bridgehead atoms. The molecule has 0 unspecified atom stereocenters. The Morgan fingerprint density at radius 2 is 1.86 bits per heavy atom. The molecule has 6 nitrogen and oxygen atoms in total. The highest BCUT2D eigenvalue weighted by Crippen LogP contribution is 2.23. The normalized spacial score (nSPS) is 10.8. The first kappa shape index (κ1) is 18.0. The molecule has 0 saturated heterocycles. The summed E-state index contributed by atoms with van der Waals surface area (Å²) in [5, 5.41) is 5.52. The maximum atomic E-state index is 12.6. The maximum Gasteiger partial charge on any atom is 0.363 e. The van der Waals surface area contributed by atoms with E-state index in [1.54, 1.807) is 10.9 Å². The highest BCUT2D eigenvalue weighted by molar-refractivity contribution is 6.30. The molecule has 2 aromatic heterocycles. The second-order valence-electron chi connectivity index (χ2n) is 6.03. The van der Waals surface area contributed by atoms with Crippen LogP contribution in [0.1, 0.15) is 16.1 Å². The van der Waals surface area contributed by atoms with Gasteiger partial charge in [0, 0.05) is 10.9 Å². The summed E-state index contributed by atoms with van der Waals surface area (Å²) in [7, 11) is 1.48. The van der Waals surface area contributed by atoms with Gasteiger partial charge in [-0.25, -0.2) is 14.5 Å². The minimum absolute atomic E-state index is 0.0170. The molecule has 7 heteroatoms. The van der Waals surface area contributed by atoms with Gasteiger partial charge in [-0.3, -0.25) is 0 Å². The number of hydrogen-bond acceptors (Lipinski definition) is 5. The lowest BCUT2D eigenvalue weighted by Gasteiger charge is -2.07. The number of carbonyl (C=O) groups excluding carboxylic acids is 1. The van der Waals surface area contributed by atoms with Crippen molar-refractivity contribution in [3.8, 4) is 11.4 Å². The van der Waals surface area contributed by atoms with E-state index in [9.17, 15) is 4.79 Å². The fraction of sp³-hybridized carbons (Fsp3) is 0.0952. The van der Waals surface area contributed by atoms with Crippen LogP contribution in [0.25, 0.3) is 16.6 Å². The molecule has 0 radical (unpaired) electrons. The number of aromatic nitrogens is 3. The van der Waals surface area contributed by atoms with Crippen LogP contribution in [0.4, 0.5) is 0 Å². The zero-order valence-corrected chi connectivity index (χ0v) is 15.8. The van der Waals surface area contributed by atoms with Crippen molar-refractivity contribution in [3.05, 3.63) is 83.3 Å². The molecule has 0 aliphatic heterocycles. The van der Waals surface area contributed by atoms with Crippen LogP contribution >= 0.6 is 11.6 Å². The van der Waals surface area contributed by atoms with Gasteiger partial charge in [-0.2, -0.15) is 5.10 Å². The Bertz CT molecular complexity index is 1140. The molecule has 0 aliphatic rings. The van der Waals surface area contributed by atoms with Gasteiger partial charge in [0.15, 0.2) is 5.75 Å². The third kappa shape index (κ3) is 3.54. The number of hydrogen-bond donors (Lipinski definition) is 0. The molecule has 0 atom stereocenters. The van der Waals surface area contributed by atoms with Crippen LogP contribution < -0.4 is 4.74 Å². The number of pyridine rings is 1. The second-order valence-corrected chi connectivity index (χ2v) is 6.39. The molecule has 0 N–H and O–H groups in total. The van der Waals surface area contributed by atoms with Crippen LogP contribution in [0.2, 0.25) is 5.15 Å². The van der Waals surface area contributed by atoms with Crippen molar-refractivity contribution in [2.45, 2.75) is 6.61 Å². The van der Waals surface area contributed by atoms with E-state index >= 15 is 0 Å². The molecule has 0 spiro atoms. The highest BCUT2D eigenvalue weighted by Gasteiger charge is 2.20. The van der Waals surface area contributed by atoms with Gasteiger partial charge in [0.2, 0.25) is 5.69 Å². The van der Waals surface area contributed by atoms with Crippen molar-refractivity contribution in [2.75, 3.05) is 7.11 Å². The van der Waals surface area contributed by atoms with Gasteiger partial charge >= 0.3 is 5.97 Å². The largest absolute Gasteiger partial charge is 0.493 e. The van der Waals surface area contributed by atoms with Gasteiger partial charge in [-0.1, -0.05) is 48.0 Å². The highest BCUT2D eigenvalue weighted by atomic mass is 35.5. The summed E-state index contributed by atoms with van der Waals surface area (Å²) in [6.07, 6.45) is 1.64. The third-order valence-electron chi connectivity index (χ3n) is 4.22. The second kappa shape index (κ2) is 7.70. The Morgan fingerprint density at radius 3 is 2.64 bits per heavy atom. The standard InChI is InChI=1S/C21H16ClN3O3/c1-27-18-12-25(16-8-3-2-4-9-16)24-19(18)21(26)28-13-15-11-14-7-5-6-10-17(14)23-20(15)22/h2-12H,13H2,1H3. The van der Waals surface area contributed by atoms with E-state index in [2.05, 4.69) is 10.1 Å². The Balaban J connectivity index is 1.56. The van der Waals surface area contributed by atoms with E-state index in [1.807, 2.05) is 60.7 Å². The fourth-order valence-electron chi connectivity index (χ4n) is 2.81. The van der Waals surface area contributed by atoms with Crippen molar-refractivity contribution in [1.29, 1.82) is 0 Å². The quantitative estimate of drug-likeness (QED) is 0.370. The van der Waals surface area contributed by atoms with Crippen LogP contribution in [0.5, 0.6) is 5.75 Å². The van der Waals surface area contributed by atoms with Gasteiger partial charge in [0.05, 0.1) is 24.5 Å². The zero-order chi connectivity index (χ0) is 19.5. The van der Waals surface area contributed by atoms with Crippen LogP contribution in [-0.2, 0) is 11.3 Å². The number of carbonyl (C=O) groups is 1. The Hall–Kier alpha value is -3.38. The molecule has 28 heavy (non-hydrogen) atoms. The van der Waals surface area contributed by atoms with Gasteiger partial charge in [-0.05, 0) is 24.3 Å². The van der Waals surface area contributed by atoms with Crippen molar-refractivity contribution in [2.24, 2.45) is 0 Å². The first-order valence-electron chi connectivity index (χ1n) is 8.56. The number of para-hydroxylation sites is 2. The van der Waals surface area contributed by atoms with E-state index in [0.717, 1.165) is 16.6 Å². The number of nitrogens with zero attached hydrogens (tertiary/aromatic N) is 3. The average molecular weight is 394 g/mol. The summed E-state index contributed by atoms with van der Waals surface area (Å²) in [6, 6.07) is 18.9. The number of benzene rings is 2. The first-order chi connectivity index (χ1) is 13.7. The minimum Gasteiger partial charge on any atom is -0.493 e. The third-order valence-corrected chi connectivity index (χ3v) is 4.55. The molecule has 4 rings (SSSR count). The fourth-order valence-corrected chi connectivity index (χ4v) is 3.01. The summed E-state index contributed by atoms with van der Waals surface area (Å²) in [5.41, 5.74) is 2.30. The van der Waals surface area contributed by atoms with E-state index in [4.69, 9.17) is 21.1 Å². The number of halogens is 1. The topological polar surface area (TPSA) is 66.2 Å². The van der Waals surface area contributed by atoms with Crippen LogP contribution in [-0.4, -0.2) is 27.8 Å². The molecule has 0 saturated carbocycles. The van der Waals surface area contributed by atoms with Crippen LogP contribution in [0.3, 0.4) is 0 Å². The Kier molecular flexibility index (Phi) is 4.95. The van der Waals surface area contributed by atoms with E-state index in [0.29, 0.717) is 16.5 Å². The van der Waals surface area contributed by atoms with Gasteiger partial charge in [0.1, 0.15) is 11.8 Å². The summed E-state index contributed by atoms with van der Waals surface area (Å²) < 4.78 is 12.3. The van der Waals surface area contributed by atoms with Gasteiger partial charge in [-0.15, -0.1) is 0 Å². The van der Waals surface area contributed by atoms with E-state index in [1.165, 1.54) is 7.11 Å². The number of fused-ring (bicyclic) bond motifs is 1. The van der Waals surface area contributed by atoms with Crippen molar-refractivity contribution < 1.29 is 14.3 Å². The van der Waals surface area contributed by atoms with Gasteiger partial charge in [0.25, 0.3) is 0 Å². The van der Waals surface area contributed by atoms with E-state index in [-0.39, 0.29) is 12.3 Å². The number of methoxy groups -OCH3 is 1. The smallest absolute Gasteiger partial charge is 0.363 e. The zero-order valence-electron chi connectivity index (χ0n) is 15.0. The molecular formula is C21H16ClN3O3. The monoisotopic (exact) mass is 393 g/mol. The Morgan fingerprint density at radius 1 is 1.11 bits per heavy atom. The predicted molar refractivity (Wildman–Crippen MR) is 106 cm³/mol. The summed E-state index contributed by atoms with van der Waals surface area (Å²) >= 11 is 6.23. The first-order valence-corrected chi connectivity index (χ1v) is 8.94. The van der Waals surface area contributed by atoms with Gasteiger partial charge < -0.3 is 9.47 Å². The molecule has 2 heterocycles. The van der Waals surface area contributed by atoms with Crippen LogP contribution in [0.15, 0.2) is 66.9 Å². The molecular weight excluding hydrogens is 378 g/mol. The van der Waals surface area contributed by atoms with Crippen molar-refractivity contribution in [1.82, 2.24) is 14.8 Å². The molecule has 0 amide bonds. The SMILES string of the molecule is COc1cn(-c2ccccc2)nc1C(=O)OCc1cc2ccccc2nc1Cl. The molecule has 0 fully saturated rings. The summed E-state index contributed by atoms with van der Waals surface area (Å²) in [6.45, 7) is -0.0170. The van der Waals surface area contributed by atoms with E-state index < -0.39 is 5.97 Å². The van der Waals surface area contributed by atoms with Crippen molar-refractivity contribution in [3.63, 3.8) is 0 Å².